The molecule has 24 heavy (non-hydrogen) atoms. The molecule has 124 valence electrons. The summed E-state index contributed by atoms with van der Waals surface area (Å²) in [7, 11) is 1.57. The topological polar surface area (TPSA) is 69.7 Å². The molecule has 1 heterocycles. The summed E-state index contributed by atoms with van der Waals surface area (Å²) in [5, 5.41) is 2.64. The summed E-state index contributed by atoms with van der Waals surface area (Å²) in [6, 6.07) is 10.6. The Morgan fingerprint density at radius 1 is 1.12 bits per heavy atom. The van der Waals surface area contributed by atoms with Crippen LogP contribution >= 0.6 is 0 Å². The van der Waals surface area contributed by atoms with E-state index in [1.807, 2.05) is 0 Å². The largest absolute Gasteiger partial charge is 0.497 e. The van der Waals surface area contributed by atoms with Crippen LogP contribution in [0.1, 0.15) is 0 Å². The van der Waals surface area contributed by atoms with Crippen LogP contribution in [-0.4, -0.2) is 37.8 Å². The van der Waals surface area contributed by atoms with E-state index < -0.39 is 0 Å². The summed E-state index contributed by atoms with van der Waals surface area (Å²) in [6.07, 6.45) is 3.28. The van der Waals surface area contributed by atoms with E-state index >= 15 is 0 Å². The molecule has 6 heteroatoms. The van der Waals surface area contributed by atoms with Gasteiger partial charge in [0.25, 0.3) is 5.91 Å². The highest BCUT2D eigenvalue weighted by Crippen LogP contribution is 2.18. The fourth-order valence-electron chi connectivity index (χ4n) is 1.70. The Kier molecular flexibility index (Phi) is 6.97. The first-order chi connectivity index (χ1) is 11.8. The van der Waals surface area contributed by atoms with Crippen molar-refractivity contribution in [2.24, 2.45) is 0 Å². The number of hydrogen-bond donors (Lipinski definition) is 1. The zero-order valence-electron chi connectivity index (χ0n) is 13.3. The number of carbonyl (C=O) groups excluding carboxylic acids is 1. The van der Waals surface area contributed by atoms with Crippen LogP contribution < -0.4 is 19.5 Å². The van der Waals surface area contributed by atoms with Gasteiger partial charge in [0, 0.05) is 12.3 Å². The third-order valence-corrected chi connectivity index (χ3v) is 2.86. The van der Waals surface area contributed by atoms with Crippen LogP contribution in [0.5, 0.6) is 17.2 Å². The summed E-state index contributed by atoms with van der Waals surface area (Å²) in [5.74, 6) is 7.25. The maximum absolute atomic E-state index is 11.7. The quantitative estimate of drug-likeness (QED) is 0.784. The number of rotatable bonds is 7. The van der Waals surface area contributed by atoms with Crippen LogP contribution in [0.2, 0.25) is 0 Å². The van der Waals surface area contributed by atoms with Crippen molar-refractivity contribution in [3.05, 3.63) is 48.8 Å². The normalized spacial score (nSPS) is 9.38. The van der Waals surface area contributed by atoms with Crippen LogP contribution in [0.4, 0.5) is 0 Å². The van der Waals surface area contributed by atoms with E-state index in [9.17, 15) is 4.79 Å². The third kappa shape index (κ3) is 6.28. The highest BCUT2D eigenvalue weighted by molar-refractivity contribution is 5.77. The number of benzene rings is 1. The lowest BCUT2D eigenvalue weighted by molar-refractivity contribution is -0.122. The Balaban J connectivity index is 1.62. The van der Waals surface area contributed by atoms with Gasteiger partial charge < -0.3 is 19.5 Å². The molecule has 0 saturated heterocycles. The van der Waals surface area contributed by atoms with Crippen LogP contribution in [0.15, 0.2) is 48.8 Å². The Bertz CT molecular complexity index is 708. The van der Waals surface area contributed by atoms with Gasteiger partial charge in [-0.3, -0.25) is 9.78 Å². The fraction of sp³-hybridized carbons (Fsp3) is 0.222. The SMILES string of the molecule is COc1cccc(OCC(=O)NCC#CCOc2cccnc2)c1. The first-order valence-corrected chi connectivity index (χ1v) is 7.30. The molecular formula is C18H18N2O4. The van der Waals surface area contributed by atoms with E-state index in [0.29, 0.717) is 17.2 Å². The molecule has 2 aromatic rings. The molecule has 0 atom stereocenters. The summed E-state index contributed by atoms with van der Waals surface area (Å²) in [4.78, 5) is 15.6. The van der Waals surface area contributed by atoms with Gasteiger partial charge in [-0.15, -0.1) is 0 Å². The van der Waals surface area contributed by atoms with Gasteiger partial charge >= 0.3 is 0 Å². The van der Waals surface area contributed by atoms with E-state index in [4.69, 9.17) is 14.2 Å². The number of ether oxygens (including phenoxy) is 3. The lowest BCUT2D eigenvalue weighted by Gasteiger charge is -2.07. The van der Waals surface area contributed by atoms with E-state index in [2.05, 4.69) is 22.1 Å². The van der Waals surface area contributed by atoms with Crippen molar-refractivity contribution in [1.29, 1.82) is 0 Å². The van der Waals surface area contributed by atoms with Gasteiger partial charge in [-0.2, -0.15) is 0 Å². The minimum atomic E-state index is -0.250. The van der Waals surface area contributed by atoms with Crippen LogP contribution in [0.3, 0.4) is 0 Å². The van der Waals surface area contributed by atoms with Gasteiger partial charge in [-0.25, -0.2) is 0 Å². The molecule has 0 saturated carbocycles. The molecule has 2 rings (SSSR count). The first kappa shape index (κ1) is 17.2. The van der Waals surface area contributed by atoms with Crippen LogP contribution in [-0.2, 0) is 4.79 Å². The second-order valence-electron chi connectivity index (χ2n) is 4.58. The predicted octanol–water partition coefficient (Wildman–Crippen LogP) is 1.67. The van der Waals surface area contributed by atoms with Crippen LogP contribution in [0.25, 0.3) is 0 Å². The molecule has 6 nitrogen and oxygen atoms in total. The van der Waals surface area contributed by atoms with Crippen molar-refractivity contribution in [3.8, 4) is 29.1 Å². The Hall–Kier alpha value is -3.20. The number of amides is 1. The maximum atomic E-state index is 11.7. The molecule has 0 aliphatic rings. The van der Waals surface area contributed by atoms with Crippen molar-refractivity contribution in [1.82, 2.24) is 10.3 Å². The predicted molar refractivity (Wildman–Crippen MR) is 89.0 cm³/mol. The van der Waals surface area contributed by atoms with Crippen molar-refractivity contribution in [2.45, 2.75) is 0 Å². The number of nitrogens with one attached hydrogen (secondary N) is 1. The molecule has 1 N–H and O–H groups in total. The van der Waals surface area contributed by atoms with E-state index in [1.54, 1.807) is 55.9 Å². The second-order valence-corrected chi connectivity index (χ2v) is 4.58. The standard InChI is InChI=1S/C18H18N2O4/c1-22-15-6-4-7-16(12-15)24-14-18(21)20-10-2-3-11-23-17-8-5-9-19-13-17/h4-9,12-13H,10-11,14H2,1H3,(H,20,21). The van der Waals surface area contributed by atoms with E-state index in [1.165, 1.54) is 0 Å². The average molecular weight is 326 g/mol. The molecule has 1 aromatic carbocycles. The van der Waals surface area contributed by atoms with Crippen molar-refractivity contribution >= 4 is 5.91 Å². The van der Waals surface area contributed by atoms with Gasteiger partial charge in [-0.05, 0) is 24.3 Å². The molecule has 0 radical (unpaired) electrons. The zero-order chi connectivity index (χ0) is 17.0. The van der Waals surface area contributed by atoms with Gasteiger partial charge in [0.2, 0.25) is 0 Å². The summed E-state index contributed by atoms with van der Waals surface area (Å²) < 4.78 is 15.8. The number of aromatic nitrogens is 1. The van der Waals surface area contributed by atoms with Gasteiger partial charge in [0.15, 0.2) is 6.61 Å². The Morgan fingerprint density at radius 2 is 1.96 bits per heavy atom. The number of methoxy groups -OCH3 is 1. The Labute approximate surface area is 140 Å². The molecule has 0 fully saturated rings. The molecule has 0 unspecified atom stereocenters. The lowest BCUT2D eigenvalue weighted by atomic mass is 10.3. The highest BCUT2D eigenvalue weighted by atomic mass is 16.5. The van der Waals surface area contributed by atoms with Crippen molar-refractivity contribution < 1.29 is 19.0 Å². The zero-order valence-corrected chi connectivity index (χ0v) is 13.3. The fourth-order valence-corrected chi connectivity index (χ4v) is 1.70. The van der Waals surface area contributed by atoms with Gasteiger partial charge in [-0.1, -0.05) is 17.9 Å². The van der Waals surface area contributed by atoms with Gasteiger partial charge in [0.1, 0.15) is 23.9 Å². The number of nitrogens with zero attached hydrogens (tertiary/aromatic N) is 1. The first-order valence-electron chi connectivity index (χ1n) is 7.30. The number of carbonyl (C=O) groups is 1. The monoisotopic (exact) mass is 326 g/mol. The van der Waals surface area contributed by atoms with E-state index in [0.717, 1.165) is 0 Å². The lowest BCUT2D eigenvalue weighted by Crippen LogP contribution is -2.29. The molecule has 0 bridgehead atoms. The third-order valence-electron chi connectivity index (χ3n) is 2.86. The van der Waals surface area contributed by atoms with Crippen molar-refractivity contribution in [2.75, 3.05) is 26.9 Å². The molecule has 0 aliphatic heterocycles. The number of hydrogen-bond acceptors (Lipinski definition) is 5. The average Bonchev–Trinajstić information content (AvgIpc) is 2.64. The molecule has 0 aliphatic carbocycles. The maximum Gasteiger partial charge on any atom is 0.258 e. The highest BCUT2D eigenvalue weighted by Gasteiger charge is 2.02. The summed E-state index contributed by atoms with van der Waals surface area (Å²) in [5.41, 5.74) is 0. The van der Waals surface area contributed by atoms with Gasteiger partial charge in [0.05, 0.1) is 19.9 Å². The Morgan fingerprint density at radius 3 is 2.75 bits per heavy atom. The summed E-state index contributed by atoms with van der Waals surface area (Å²) >= 11 is 0. The summed E-state index contributed by atoms with van der Waals surface area (Å²) in [6.45, 7) is 0.389. The minimum Gasteiger partial charge on any atom is -0.497 e. The molecule has 0 spiro atoms. The number of pyridine rings is 1. The van der Waals surface area contributed by atoms with E-state index in [-0.39, 0.29) is 25.7 Å². The smallest absolute Gasteiger partial charge is 0.258 e. The minimum absolute atomic E-state index is 0.0823. The van der Waals surface area contributed by atoms with Crippen molar-refractivity contribution in [3.63, 3.8) is 0 Å². The molecule has 1 amide bonds. The molecular weight excluding hydrogens is 308 g/mol. The molecule has 1 aromatic heterocycles. The van der Waals surface area contributed by atoms with Crippen LogP contribution in [0, 0.1) is 11.8 Å². The second kappa shape index (κ2) is 9.74.